The fourth-order valence-electron chi connectivity index (χ4n) is 11.3. The lowest BCUT2D eigenvalue weighted by molar-refractivity contribution is -0.161. The van der Waals surface area contributed by atoms with Crippen LogP contribution in [0.4, 0.5) is 0 Å². The first kappa shape index (κ1) is 91.1. The number of unbranched alkanes of at least 4 members (excludes halogenated alkanes) is 42. The molecule has 552 valence electrons. The Kier molecular flexibility index (Phi) is 64.6. The zero-order chi connectivity index (χ0) is 68.6. The van der Waals surface area contributed by atoms with Gasteiger partial charge in [-0.3, -0.25) is 37.3 Å². The summed E-state index contributed by atoms with van der Waals surface area (Å²) >= 11 is 0. The van der Waals surface area contributed by atoms with Crippen molar-refractivity contribution in [3.05, 3.63) is 0 Å². The Morgan fingerprint density at radius 2 is 0.548 bits per heavy atom. The number of esters is 4. The van der Waals surface area contributed by atoms with Crippen LogP contribution in [0.2, 0.25) is 0 Å². The average molecular weight is 1370 g/mol. The number of aliphatic hydroxyl groups excluding tert-OH is 1. The monoisotopic (exact) mass is 1370 g/mol. The van der Waals surface area contributed by atoms with Gasteiger partial charge in [0.1, 0.15) is 19.3 Å². The summed E-state index contributed by atoms with van der Waals surface area (Å²) in [5.74, 6) is -0.542. The van der Waals surface area contributed by atoms with Crippen molar-refractivity contribution in [3.63, 3.8) is 0 Å². The van der Waals surface area contributed by atoms with E-state index < -0.39 is 97.5 Å². The minimum absolute atomic E-state index is 0.106. The first-order chi connectivity index (χ1) is 44.9. The molecule has 0 saturated heterocycles. The average Bonchev–Trinajstić information content (AvgIpc) is 2.16. The lowest BCUT2D eigenvalue weighted by atomic mass is 9.99. The highest BCUT2D eigenvalue weighted by atomic mass is 31.2. The van der Waals surface area contributed by atoms with Crippen molar-refractivity contribution in [2.75, 3.05) is 39.6 Å². The highest BCUT2D eigenvalue weighted by molar-refractivity contribution is 7.47. The highest BCUT2D eigenvalue weighted by Crippen LogP contribution is 2.45. The third-order valence-corrected chi connectivity index (χ3v) is 19.5. The van der Waals surface area contributed by atoms with Crippen LogP contribution >= 0.6 is 15.6 Å². The normalized spacial score (nSPS) is 14.3. The van der Waals surface area contributed by atoms with Gasteiger partial charge in [-0.1, -0.05) is 330 Å². The maximum Gasteiger partial charge on any atom is 0.472 e. The van der Waals surface area contributed by atoms with Crippen LogP contribution in [0.3, 0.4) is 0 Å². The van der Waals surface area contributed by atoms with E-state index in [0.29, 0.717) is 25.7 Å². The number of hydrogen-bond acceptors (Lipinski definition) is 15. The standard InChI is InChI=1S/C74H144O17P2/c1-7-10-12-14-16-18-20-21-22-23-26-34-40-46-52-58-73(78)90-70(63-85-72(77)57-51-45-39-33-27-24-25-30-36-42-48-54-66(4)5)65-89-93(82,83)87-61-68(75)60-86-92(80,81)88-64-69(62-84-71(76)56-50-44-38-32-19-17-15-13-11-8-2)91-74(79)59-53-47-41-35-29-28-31-37-43-49-55-67(6)9-3/h66-70,75H,7-65H2,1-6H3,(H,80,81)(H,82,83)/t67?,68-,69+,70+/m0/s1. The third kappa shape index (κ3) is 67.0. The van der Waals surface area contributed by atoms with Gasteiger partial charge in [0.25, 0.3) is 0 Å². The molecule has 0 aromatic rings. The molecule has 0 heterocycles. The van der Waals surface area contributed by atoms with Crippen LogP contribution in [0.25, 0.3) is 0 Å². The van der Waals surface area contributed by atoms with Crippen LogP contribution in [0.1, 0.15) is 382 Å². The lowest BCUT2D eigenvalue weighted by Gasteiger charge is -2.21. The Morgan fingerprint density at radius 3 is 0.817 bits per heavy atom. The molecule has 0 aliphatic rings. The largest absolute Gasteiger partial charge is 0.472 e. The Morgan fingerprint density at radius 1 is 0.312 bits per heavy atom. The van der Waals surface area contributed by atoms with Gasteiger partial charge < -0.3 is 33.8 Å². The number of carbonyl (C=O) groups excluding carboxylic acids is 4. The van der Waals surface area contributed by atoms with Crippen LogP contribution in [0.15, 0.2) is 0 Å². The topological polar surface area (TPSA) is 237 Å². The molecule has 3 N–H and O–H groups in total. The van der Waals surface area contributed by atoms with Crippen molar-refractivity contribution in [1.82, 2.24) is 0 Å². The number of phosphoric ester groups is 2. The number of rotatable bonds is 73. The first-order valence-corrected chi connectivity index (χ1v) is 41.5. The van der Waals surface area contributed by atoms with Gasteiger partial charge >= 0.3 is 39.5 Å². The van der Waals surface area contributed by atoms with E-state index in [0.717, 1.165) is 102 Å². The zero-order valence-corrected chi connectivity index (χ0v) is 62.3. The number of carbonyl (C=O) groups is 4. The minimum atomic E-state index is -4.95. The molecule has 17 nitrogen and oxygen atoms in total. The van der Waals surface area contributed by atoms with Crippen molar-refractivity contribution >= 4 is 39.5 Å². The van der Waals surface area contributed by atoms with Gasteiger partial charge in [0.15, 0.2) is 12.2 Å². The maximum atomic E-state index is 13.1. The van der Waals surface area contributed by atoms with E-state index >= 15 is 0 Å². The smallest absolute Gasteiger partial charge is 0.462 e. The maximum absolute atomic E-state index is 13.1. The first-order valence-electron chi connectivity index (χ1n) is 38.5. The predicted molar refractivity (Wildman–Crippen MR) is 377 cm³/mol. The van der Waals surface area contributed by atoms with E-state index in [4.69, 9.17) is 37.0 Å². The van der Waals surface area contributed by atoms with E-state index in [1.807, 2.05) is 0 Å². The minimum Gasteiger partial charge on any atom is -0.462 e. The van der Waals surface area contributed by atoms with Gasteiger partial charge in [0.05, 0.1) is 26.4 Å². The fraction of sp³-hybridized carbons (Fsp3) is 0.946. The Hall–Kier alpha value is -1.94. The molecule has 0 rings (SSSR count). The third-order valence-electron chi connectivity index (χ3n) is 17.6. The Bertz CT molecular complexity index is 1810. The zero-order valence-electron chi connectivity index (χ0n) is 60.6. The SMILES string of the molecule is CCCCCCCCCCCCCCCCCC(=O)O[C@H](COC(=O)CCCCCCCCCCCCCC(C)C)COP(=O)(O)OC[C@@H](O)COP(=O)(O)OC[C@@H](COC(=O)CCCCCCCCCCCC)OC(=O)CCCCCCCCCCCCC(C)CC. The summed E-state index contributed by atoms with van der Waals surface area (Å²) in [6.45, 7) is 9.61. The van der Waals surface area contributed by atoms with E-state index in [1.54, 1.807) is 0 Å². The van der Waals surface area contributed by atoms with Gasteiger partial charge in [0, 0.05) is 25.7 Å². The van der Waals surface area contributed by atoms with Crippen LogP contribution in [-0.2, 0) is 65.4 Å². The molecular weight excluding hydrogens is 1220 g/mol. The predicted octanol–water partition coefficient (Wildman–Crippen LogP) is 21.6. The van der Waals surface area contributed by atoms with Crippen LogP contribution in [0, 0.1) is 11.8 Å². The van der Waals surface area contributed by atoms with Gasteiger partial charge in [-0.05, 0) is 37.5 Å². The van der Waals surface area contributed by atoms with Crippen molar-refractivity contribution in [2.45, 2.75) is 400 Å². The molecule has 0 aromatic heterocycles. The van der Waals surface area contributed by atoms with E-state index in [-0.39, 0.29) is 25.7 Å². The summed E-state index contributed by atoms with van der Waals surface area (Å²) in [7, 11) is -9.91. The van der Waals surface area contributed by atoms with Gasteiger partial charge in [-0.25, -0.2) is 9.13 Å². The van der Waals surface area contributed by atoms with Crippen LogP contribution in [0.5, 0.6) is 0 Å². The molecule has 0 bridgehead atoms. The second-order valence-electron chi connectivity index (χ2n) is 27.4. The van der Waals surface area contributed by atoms with Crippen molar-refractivity contribution in [2.24, 2.45) is 11.8 Å². The van der Waals surface area contributed by atoms with Gasteiger partial charge in [0.2, 0.25) is 0 Å². The summed E-state index contributed by atoms with van der Waals surface area (Å²) in [4.78, 5) is 72.7. The van der Waals surface area contributed by atoms with Crippen LogP contribution < -0.4 is 0 Å². The lowest BCUT2D eigenvalue weighted by Crippen LogP contribution is -2.30. The van der Waals surface area contributed by atoms with Crippen molar-refractivity contribution in [3.8, 4) is 0 Å². The van der Waals surface area contributed by atoms with Crippen LogP contribution in [-0.4, -0.2) is 96.7 Å². The summed E-state index contributed by atoms with van der Waals surface area (Å²) in [5, 5.41) is 10.6. The number of aliphatic hydroxyl groups is 1. The number of phosphoric acid groups is 2. The quantitative estimate of drug-likeness (QED) is 0.0222. The summed E-state index contributed by atoms with van der Waals surface area (Å²) in [6.07, 6.45) is 52.5. The molecule has 0 aromatic carbocycles. The second kappa shape index (κ2) is 66.0. The second-order valence-corrected chi connectivity index (χ2v) is 30.3. The molecule has 6 atom stereocenters. The molecule has 3 unspecified atom stereocenters. The molecular formula is C74H144O17P2. The van der Waals surface area contributed by atoms with Gasteiger partial charge in [-0.15, -0.1) is 0 Å². The van der Waals surface area contributed by atoms with E-state index in [2.05, 4.69) is 41.5 Å². The fourth-order valence-corrected chi connectivity index (χ4v) is 12.8. The summed E-state index contributed by atoms with van der Waals surface area (Å²) in [6, 6.07) is 0. The number of hydrogen-bond donors (Lipinski definition) is 3. The molecule has 0 saturated carbocycles. The summed E-state index contributed by atoms with van der Waals surface area (Å²) < 4.78 is 68.5. The molecule has 0 fully saturated rings. The molecule has 0 spiro atoms. The molecule has 0 amide bonds. The summed E-state index contributed by atoms with van der Waals surface area (Å²) in [5.41, 5.74) is 0. The molecule has 0 aliphatic carbocycles. The molecule has 0 radical (unpaired) electrons. The van der Waals surface area contributed by atoms with Crippen molar-refractivity contribution < 1.29 is 80.2 Å². The highest BCUT2D eigenvalue weighted by Gasteiger charge is 2.30. The van der Waals surface area contributed by atoms with Gasteiger partial charge in [-0.2, -0.15) is 0 Å². The number of ether oxygens (including phenoxy) is 4. The van der Waals surface area contributed by atoms with E-state index in [9.17, 15) is 43.2 Å². The Balaban J connectivity index is 5.26. The molecule has 19 heteroatoms. The molecule has 93 heavy (non-hydrogen) atoms. The Labute approximate surface area is 568 Å². The van der Waals surface area contributed by atoms with Crippen molar-refractivity contribution in [1.29, 1.82) is 0 Å². The molecule has 0 aliphatic heterocycles. The van der Waals surface area contributed by atoms with E-state index in [1.165, 1.54) is 199 Å².